The molecule has 56 heavy (non-hydrogen) atoms. The van der Waals surface area contributed by atoms with Gasteiger partial charge in [0.25, 0.3) is 11.8 Å². The predicted octanol–water partition coefficient (Wildman–Crippen LogP) is 10.7. The standard InChI is InChI=1S/C20H15BrN2O3S2.C18H11F2N3O3S2/c1-10-8-23(2)19-13(10)7-15(28-19)17(24)22-18-16(20(25)26)14(9-27-18)11-3-5-12(21)6-4-11;1-8-2-3-9(14(20)13(8)19)10-7-28-16(12(10)17(25)26)22-15(24)11-6-23-4-5-27-18(23)21-11/h3-9H,1-2H3,(H,22,24)(H,25,26);2-7H,1H3,(H,22,24)(H,25,26). The maximum absolute atomic E-state index is 14.3. The maximum atomic E-state index is 14.3. The third kappa shape index (κ3) is 7.40. The number of thiazole rings is 1. The second kappa shape index (κ2) is 15.5. The molecule has 2 aromatic carbocycles. The number of benzene rings is 2. The Hall–Kier alpha value is -5.53. The van der Waals surface area contributed by atoms with E-state index in [2.05, 4.69) is 31.5 Å². The molecule has 0 spiro atoms. The van der Waals surface area contributed by atoms with Gasteiger partial charge in [0.05, 0.1) is 4.88 Å². The summed E-state index contributed by atoms with van der Waals surface area (Å²) in [5.41, 5.74) is 2.33. The van der Waals surface area contributed by atoms with Gasteiger partial charge in [0.2, 0.25) is 0 Å². The van der Waals surface area contributed by atoms with Crippen LogP contribution in [0.25, 0.3) is 37.4 Å². The lowest BCUT2D eigenvalue weighted by Crippen LogP contribution is -2.14. The molecule has 8 aromatic rings. The molecule has 0 aliphatic rings. The van der Waals surface area contributed by atoms with Crippen LogP contribution in [0.3, 0.4) is 0 Å². The van der Waals surface area contributed by atoms with Gasteiger partial charge in [0, 0.05) is 68.3 Å². The molecule has 0 aliphatic carbocycles. The van der Waals surface area contributed by atoms with Crippen LogP contribution < -0.4 is 10.6 Å². The van der Waals surface area contributed by atoms with Gasteiger partial charge < -0.3 is 25.4 Å². The Morgan fingerprint density at radius 2 is 1.43 bits per heavy atom. The number of thiophene rings is 3. The van der Waals surface area contributed by atoms with Gasteiger partial charge in [-0.1, -0.05) is 40.2 Å². The number of aryl methyl sites for hydroxylation is 3. The van der Waals surface area contributed by atoms with Gasteiger partial charge in [-0.3, -0.25) is 14.0 Å². The zero-order valence-corrected chi connectivity index (χ0v) is 34.0. The minimum Gasteiger partial charge on any atom is -0.478 e. The molecular formula is C38H26BrF2N5O6S4. The molecule has 0 bridgehead atoms. The van der Waals surface area contributed by atoms with Gasteiger partial charge in [0.1, 0.15) is 31.7 Å². The third-order valence-electron chi connectivity index (χ3n) is 8.58. The summed E-state index contributed by atoms with van der Waals surface area (Å²) in [5.74, 6) is -5.50. The van der Waals surface area contributed by atoms with Crippen molar-refractivity contribution in [3.63, 3.8) is 0 Å². The van der Waals surface area contributed by atoms with Crippen LogP contribution in [0.15, 0.2) is 81.7 Å². The van der Waals surface area contributed by atoms with Crippen molar-refractivity contribution in [2.45, 2.75) is 13.8 Å². The van der Waals surface area contributed by atoms with E-state index in [1.807, 2.05) is 60.4 Å². The van der Waals surface area contributed by atoms with E-state index >= 15 is 0 Å². The summed E-state index contributed by atoms with van der Waals surface area (Å²) >= 11 is 8.25. The molecule has 18 heteroatoms. The number of nitrogens with one attached hydrogen (secondary N) is 2. The van der Waals surface area contributed by atoms with Crippen molar-refractivity contribution in [3.8, 4) is 22.3 Å². The monoisotopic (exact) mass is 893 g/mol. The zero-order chi connectivity index (χ0) is 40.0. The number of carbonyl (C=O) groups is 4. The van der Waals surface area contributed by atoms with Gasteiger partial charge in [-0.2, -0.15) is 0 Å². The quantitative estimate of drug-likeness (QED) is 0.118. The minimum absolute atomic E-state index is 0.00461. The number of halogens is 3. The molecule has 0 fully saturated rings. The summed E-state index contributed by atoms with van der Waals surface area (Å²) in [6, 6.07) is 11.9. The van der Waals surface area contributed by atoms with Crippen molar-refractivity contribution < 1.29 is 38.2 Å². The van der Waals surface area contributed by atoms with Gasteiger partial charge >= 0.3 is 11.9 Å². The second-order valence-electron chi connectivity index (χ2n) is 12.3. The first kappa shape index (κ1) is 38.7. The van der Waals surface area contributed by atoms with Crippen molar-refractivity contribution in [2.75, 3.05) is 10.6 Å². The van der Waals surface area contributed by atoms with Gasteiger partial charge in [-0.25, -0.2) is 23.4 Å². The fourth-order valence-corrected chi connectivity index (χ4v) is 9.77. The number of anilines is 2. The van der Waals surface area contributed by atoms with Crippen molar-refractivity contribution in [3.05, 3.63) is 126 Å². The summed E-state index contributed by atoms with van der Waals surface area (Å²) in [6.45, 7) is 3.41. The van der Waals surface area contributed by atoms with Crippen LogP contribution in [0.5, 0.6) is 0 Å². The number of aromatic nitrogens is 3. The number of carbonyl (C=O) groups excluding carboxylic acids is 2. The smallest absolute Gasteiger partial charge is 0.339 e. The van der Waals surface area contributed by atoms with Crippen LogP contribution in [-0.4, -0.2) is 47.9 Å². The first-order chi connectivity index (χ1) is 26.7. The average Bonchev–Trinajstić information content (AvgIpc) is 4.00. The molecule has 284 valence electrons. The van der Waals surface area contributed by atoms with E-state index in [0.29, 0.717) is 20.4 Å². The fraction of sp³-hybridized carbons (Fsp3) is 0.0789. The number of carboxylic acids is 2. The highest BCUT2D eigenvalue weighted by molar-refractivity contribution is 9.10. The van der Waals surface area contributed by atoms with E-state index in [1.54, 1.807) is 16.0 Å². The Labute approximate surface area is 340 Å². The van der Waals surface area contributed by atoms with Crippen LogP contribution in [0.1, 0.15) is 52.0 Å². The van der Waals surface area contributed by atoms with Gasteiger partial charge in [-0.05, 0) is 48.7 Å². The zero-order valence-electron chi connectivity index (χ0n) is 29.1. The molecule has 0 saturated heterocycles. The lowest BCUT2D eigenvalue weighted by Gasteiger charge is -2.07. The maximum Gasteiger partial charge on any atom is 0.339 e. The predicted molar refractivity (Wildman–Crippen MR) is 220 cm³/mol. The molecule has 0 unspecified atom stereocenters. The normalized spacial score (nSPS) is 11.1. The number of rotatable bonds is 8. The first-order valence-corrected chi connectivity index (χ1v) is 20.5. The van der Waals surface area contributed by atoms with Crippen molar-refractivity contribution in [1.82, 2.24) is 14.0 Å². The molecule has 0 aliphatic heterocycles. The molecule has 0 saturated carbocycles. The van der Waals surface area contributed by atoms with Crippen LogP contribution in [-0.2, 0) is 7.05 Å². The molecule has 2 amide bonds. The van der Waals surface area contributed by atoms with Crippen LogP contribution in [0.4, 0.5) is 18.8 Å². The van der Waals surface area contributed by atoms with Crippen LogP contribution in [0.2, 0.25) is 0 Å². The lowest BCUT2D eigenvalue weighted by atomic mass is 10.0. The Balaban J connectivity index is 0.000000172. The second-order valence-corrected chi connectivity index (χ2v) is 16.8. The number of fused-ring (bicyclic) bond motifs is 2. The Kier molecular flexibility index (Phi) is 10.8. The molecule has 6 heterocycles. The van der Waals surface area contributed by atoms with Gasteiger partial charge in [-0.15, -0.1) is 45.3 Å². The van der Waals surface area contributed by atoms with Crippen molar-refractivity contribution in [1.29, 1.82) is 0 Å². The van der Waals surface area contributed by atoms with E-state index < -0.39 is 29.5 Å². The first-order valence-electron chi connectivity index (χ1n) is 16.2. The molecule has 4 N–H and O–H groups in total. The number of hydrogen-bond donors (Lipinski definition) is 4. The highest BCUT2D eigenvalue weighted by atomic mass is 79.9. The van der Waals surface area contributed by atoms with Gasteiger partial charge in [0.15, 0.2) is 16.6 Å². The highest BCUT2D eigenvalue weighted by Crippen LogP contribution is 2.39. The molecule has 0 radical (unpaired) electrons. The number of aromatic carboxylic acids is 2. The van der Waals surface area contributed by atoms with E-state index in [-0.39, 0.29) is 44.4 Å². The van der Waals surface area contributed by atoms with Crippen LogP contribution >= 0.6 is 61.3 Å². The average molecular weight is 895 g/mol. The molecular weight excluding hydrogens is 869 g/mol. The molecule has 8 rings (SSSR count). The number of hydrogen-bond acceptors (Lipinski definition) is 9. The number of amides is 2. The summed E-state index contributed by atoms with van der Waals surface area (Å²) < 4.78 is 32.8. The minimum atomic E-state index is -1.36. The number of nitrogens with zero attached hydrogens (tertiary/aromatic N) is 3. The Bertz CT molecular complexity index is 2790. The van der Waals surface area contributed by atoms with E-state index in [0.717, 1.165) is 37.2 Å². The van der Waals surface area contributed by atoms with E-state index in [9.17, 15) is 38.2 Å². The number of imidazole rings is 1. The molecule has 6 aromatic heterocycles. The summed E-state index contributed by atoms with van der Waals surface area (Å²) in [7, 11) is 1.94. The summed E-state index contributed by atoms with van der Waals surface area (Å²) in [6.07, 6.45) is 5.28. The molecule has 0 atom stereocenters. The SMILES string of the molecule is Cc1ccc(-c2csc(NC(=O)c3cn4ccsc4n3)c2C(=O)O)c(F)c1F.Cc1cn(C)c2sc(C(=O)Nc3scc(-c4ccc(Br)cc4)c3C(=O)O)cc12. The lowest BCUT2D eigenvalue weighted by molar-refractivity contribution is 0.0688. The number of carboxylic acid groups (broad SMARTS) is 2. The largest absolute Gasteiger partial charge is 0.478 e. The molecule has 11 nitrogen and oxygen atoms in total. The van der Waals surface area contributed by atoms with Crippen molar-refractivity contribution in [2.24, 2.45) is 7.05 Å². The van der Waals surface area contributed by atoms with E-state index in [1.165, 1.54) is 64.6 Å². The summed E-state index contributed by atoms with van der Waals surface area (Å²) in [4.78, 5) is 55.3. The Morgan fingerprint density at radius 1 is 0.786 bits per heavy atom. The topological polar surface area (TPSA) is 155 Å². The van der Waals surface area contributed by atoms with Crippen molar-refractivity contribution >= 4 is 110 Å². The summed E-state index contributed by atoms with van der Waals surface area (Å²) in [5, 5.41) is 31.0. The van der Waals surface area contributed by atoms with Crippen LogP contribution in [0, 0.1) is 25.5 Å². The highest BCUT2D eigenvalue weighted by Gasteiger charge is 2.26. The third-order valence-corrected chi connectivity index (χ3v) is 12.9. The van der Waals surface area contributed by atoms with E-state index in [4.69, 9.17) is 0 Å². The Morgan fingerprint density at radius 3 is 2.07 bits per heavy atom. The fourth-order valence-electron chi connectivity index (χ4n) is 5.84.